The van der Waals surface area contributed by atoms with Crippen molar-refractivity contribution in [3.63, 3.8) is 0 Å². The van der Waals surface area contributed by atoms with Gasteiger partial charge in [0.25, 0.3) is 0 Å². The van der Waals surface area contributed by atoms with Crippen LogP contribution in [0.5, 0.6) is 0 Å². The van der Waals surface area contributed by atoms with Gasteiger partial charge in [-0.3, -0.25) is 4.79 Å². The van der Waals surface area contributed by atoms with Crippen molar-refractivity contribution in [3.8, 4) is 0 Å². The summed E-state index contributed by atoms with van der Waals surface area (Å²) in [6.07, 6.45) is 2.33. The number of hydrogen-bond donors (Lipinski definition) is 2. The molecule has 2 heterocycles. The van der Waals surface area contributed by atoms with Gasteiger partial charge in [-0.05, 0) is 25.0 Å². The van der Waals surface area contributed by atoms with E-state index in [4.69, 9.17) is 10.7 Å². The van der Waals surface area contributed by atoms with E-state index in [1.165, 1.54) is 4.70 Å². The fraction of sp³-hybridized carbons (Fsp3) is 0.438. The summed E-state index contributed by atoms with van der Waals surface area (Å²) in [5, 5.41) is 3.57. The molecule has 122 valence electrons. The Kier molecular flexibility index (Phi) is 4.76. The largest absolute Gasteiger partial charge is 0.352 e. The molecule has 3 amide bonds. The van der Waals surface area contributed by atoms with Gasteiger partial charge in [-0.2, -0.15) is 0 Å². The average molecular weight is 332 g/mol. The fourth-order valence-corrected chi connectivity index (χ4v) is 4.01. The monoisotopic (exact) mass is 332 g/mol. The van der Waals surface area contributed by atoms with Crippen molar-refractivity contribution in [2.45, 2.75) is 25.2 Å². The molecule has 0 spiro atoms. The molecule has 1 aromatic carbocycles. The number of carbonyl (C=O) groups excluding carboxylic acids is 2. The van der Waals surface area contributed by atoms with Gasteiger partial charge in [-0.15, -0.1) is 11.3 Å². The van der Waals surface area contributed by atoms with E-state index in [1.807, 2.05) is 23.1 Å². The van der Waals surface area contributed by atoms with E-state index in [0.29, 0.717) is 12.5 Å². The Morgan fingerprint density at radius 3 is 3.00 bits per heavy atom. The second kappa shape index (κ2) is 6.95. The zero-order valence-electron chi connectivity index (χ0n) is 12.8. The molecular weight excluding hydrogens is 312 g/mol. The van der Waals surface area contributed by atoms with Gasteiger partial charge in [0.1, 0.15) is 0 Å². The number of benzene rings is 1. The van der Waals surface area contributed by atoms with E-state index in [9.17, 15) is 9.59 Å². The number of carbonyl (C=O) groups is 2. The molecule has 0 radical (unpaired) electrons. The highest BCUT2D eigenvalue weighted by Gasteiger charge is 2.26. The second-order valence-corrected chi connectivity index (χ2v) is 6.80. The van der Waals surface area contributed by atoms with E-state index in [1.54, 1.807) is 11.3 Å². The molecule has 1 aliphatic heterocycles. The smallest absolute Gasteiger partial charge is 0.312 e. The third-order valence-corrected chi connectivity index (χ3v) is 5.27. The van der Waals surface area contributed by atoms with Crippen LogP contribution in [-0.4, -0.2) is 41.5 Å². The molecule has 3 N–H and O–H groups in total. The maximum absolute atomic E-state index is 12.2. The molecule has 6 nitrogen and oxygen atoms in total. The quantitative estimate of drug-likeness (QED) is 0.898. The molecule has 7 heteroatoms. The summed E-state index contributed by atoms with van der Waals surface area (Å²) in [5.74, 6) is 0.360. The Balaban J connectivity index is 1.63. The van der Waals surface area contributed by atoms with Gasteiger partial charge < -0.3 is 16.0 Å². The number of thiazole rings is 1. The Bertz CT molecular complexity index is 682. The summed E-state index contributed by atoms with van der Waals surface area (Å²) in [7, 11) is 0. The SMILES string of the molecule is NC(=O)NCCC(=O)N1CCC[C@@H](c2nc3ccccc3s2)C1. The maximum Gasteiger partial charge on any atom is 0.312 e. The zero-order chi connectivity index (χ0) is 16.2. The highest BCUT2D eigenvalue weighted by atomic mass is 32.1. The van der Waals surface area contributed by atoms with Gasteiger partial charge in [0.05, 0.1) is 15.2 Å². The van der Waals surface area contributed by atoms with Crippen molar-refractivity contribution < 1.29 is 9.59 Å². The molecule has 0 unspecified atom stereocenters. The number of piperidine rings is 1. The highest BCUT2D eigenvalue weighted by molar-refractivity contribution is 7.18. The lowest BCUT2D eigenvalue weighted by molar-refractivity contribution is -0.132. The molecule has 0 bridgehead atoms. The fourth-order valence-electron chi connectivity index (χ4n) is 2.92. The number of nitrogens with zero attached hydrogens (tertiary/aromatic N) is 2. The number of para-hydroxylation sites is 1. The minimum absolute atomic E-state index is 0.0598. The molecule has 0 saturated carbocycles. The van der Waals surface area contributed by atoms with E-state index in [0.717, 1.165) is 29.9 Å². The summed E-state index contributed by atoms with van der Waals surface area (Å²) in [4.78, 5) is 29.5. The van der Waals surface area contributed by atoms with Gasteiger partial charge in [0.2, 0.25) is 5.91 Å². The molecule has 1 saturated heterocycles. The number of nitrogens with one attached hydrogen (secondary N) is 1. The Hall–Kier alpha value is -2.15. The molecular formula is C16H20N4O2S. The van der Waals surface area contributed by atoms with Crippen molar-refractivity contribution in [1.82, 2.24) is 15.2 Å². The number of primary amides is 1. The summed E-state index contributed by atoms with van der Waals surface area (Å²) in [6.45, 7) is 1.77. The van der Waals surface area contributed by atoms with Gasteiger partial charge in [0.15, 0.2) is 0 Å². The molecule has 1 atom stereocenters. The van der Waals surface area contributed by atoms with Crippen molar-refractivity contribution in [3.05, 3.63) is 29.3 Å². The molecule has 2 aromatic rings. The van der Waals surface area contributed by atoms with Gasteiger partial charge >= 0.3 is 6.03 Å². The van der Waals surface area contributed by atoms with Crippen LogP contribution in [0.2, 0.25) is 0 Å². The molecule has 1 aliphatic rings. The van der Waals surface area contributed by atoms with Gasteiger partial charge in [-0.25, -0.2) is 9.78 Å². The van der Waals surface area contributed by atoms with Gasteiger partial charge in [0, 0.05) is 32.0 Å². The number of amides is 3. The number of nitrogens with two attached hydrogens (primary N) is 1. The number of urea groups is 1. The molecule has 3 rings (SSSR count). The van der Waals surface area contributed by atoms with Crippen LogP contribution in [-0.2, 0) is 4.79 Å². The Morgan fingerprint density at radius 1 is 1.39 bits per heavy atom. The summed E-state index contributed by atoms with van der Waals surface area (Å²) >= 11 is 1.72. The van der Waals surface area contributed by atoms with Gasteiger partial charge in [-0.1, -0.05) is 12.1 Å². The third kappa shape index (κ3) is 3.79. The van der Waals surface area contributed by atoms with Crippen LogP contribution >= 0.6 is 11.3 Å². The van der Waals surface area contributed by atoms with Crippen LogP contribution in [0.3, 0.4) is 0 Å². The summed E-state index contributed by atoms with van der Waals surface area (Å²) < 4.78 is 1.19. The van der Waals surface area contributed by atoms with Crippen LogP contribution in [0.4, 0.5) is 4.79 Å². The van der Waals surface area contributed by atoms with E-state index < -0.39 is 6.03 Å². The minimum Gasteiger partial charge on any atom is -0.352 e. The number of aromatic nitrogens is 1. The molecule has 1 fully saturated rings. The van der Waals surface area contributed by atoms with Crippen LogP contribution in [0.15, 0.2) is 24.3 Å². The van der Waals surface area contributed by atoms with Crippen LogP contribution < -0.4 is 11.1 Å². The average Bonchev–Trinajstić information content (AvgIpc) is 2.98. The normalized spacial score (nSPS) is 18.1. The standard InChI is InChI=1S/C16H20N4O2S/c17-16(22)18-8-7-14(21)20-9-3-4-11(10-20)15-19-12-5-1-2-6-13(12)23-15/h1-2,5-6,11H,3-4,7-10H2,(H3,17,18,22)/t11-/m1/s1. The maximum atomic E-state index is 12.2. The molecule has 23 heavy (non-hydrogen) atoms. The van der Waals surface area contributed by atoms with Crippen LogP contribution in [0.25, 0.3) is 10.2 Å². The predicted octanol–water partition coefficient (Wildman–Crippen LogP) is 2.06. The Morgan fingerprint density at radius 2 is 2.22 bits per heavy atom. The number of hydrogen-bond acceptors (Lipinski definition) is 4. The number of likely N-dealkylation sites (tertiary alicyclic amines) is 1. The third-order valence-electron chi connectivity index (χ3n) is 4.07. The van der Waals surface area contributed by atoms with Crippen molar-refractivity contribution in [2.24, 2.45) is 5.73 Å². The lowest BCUT2D eigenvalue weighted by atomic mass is 9.98. The van der Waals surface area contributed by atoms with Crippen LogP contribution in [0.1, 0.15) is 30.2 Å². The van der Waals surface area contributed by atoms with Crippen LogP contribution in [0, 0.1) is 0 Å². The topological polar surface area (TPSA) is 88.3 Å². The van der Waals surface area contributed by atoms with E-state index >= 15 is 0 Å². The first kappa shape index (κ1) is 15.7. The molecule has 1 aromatic heterocycles. The second-order valence-electron chi connectivity index (χ2n) is 5.74. The minimum atomic E-state index is -0.594. The predicted molar refractivity (Wildman–Crippen MR) is 90.4 cm³/mol. The zero-order valence-corrected chi connectivity index (χ0v) is 13.6. The van der Waals surface area contributed by atoms with E-state index in [-0.39, 0.29) is 18.9 Å². The number of fused-ring (bicyclic) bond motifs is 1. The lowest BCUT2D eigenvalue weighted by Crippen LogP contribution is -2.41. The Labute approximate surface area is 138 Å². The first-order chi connectivity index (χ1) is 11.1. The lowest BCUT2D eigenvalue weighted by Gasteiger charge is -2.32. The number of rotatable bonds is 4. The first-order valence-corrected chi connectivity index (χ1v) is 8.61. The van der Waals surface area contributed by atoms with E-state index in [2.05, 4.69) is 11.4 Å². The first-order valence-electron chi connectivity index (χ1n) is 7.80. The summed E-state index contributed by atoms with van der Waals surface area (Å²) in [6, 6.07) is 7.53. The summed E-state index contributed by atoms with van der Waals surface area (Å²) in [5.41, 5.74) is 6.04. The molecule has 0 aliphatic carbocycles. The van der Waals surface area contributed by atoms with Crippen molar-refractivity contribution in [1.29, 1.82) is 0 Å². The van der Waals surface area contributed by atoms with Crippen molar-refractivity contribution >= 4 is 33.5 Å². The van der Waals surface area contributed by atoms with Crippen molar-refractivity contribution in [2.75, 3.05) is 19.6 Å². The highest BCUT2D eigenvalue weighted by Crippen LogP contribution is 2.33.